The summed E-state index contributed by atoms with van der Waals surface area (Å²) >= 11 is 0. The molecular formula is C16H24N2O3. The number of amides is 2. The highest BCUT2D eigenvalue weighted by Crippen LogP contribution is 2.11. The van der Waals surface area contributed by atoms with Crippen LogP contribution in [0.4, 0.5) is 10.5 Å². The molecule has 0 unspecified atom stereocenters. The molecule has 0 spiro atoms. The number of unbranched alkanes of at least 4 members (excludes halogenated alkanes) is 1. The lowest BCUT2D eigenvalue weighted by molar-refractivity contribution is -0.139. The largest absolute Gasteiger partial charge is 0.480 e. The molecule has 1 rings (SSSR count). The normalized spacial score (nSPS) is 11.7. The second-order valence-electron chi connectivity index (χ2n) is 5.08. The molecule has 1 aromatic carbocycles. The number of aliphatic carboxylic acids is 1. The average Bonchev–Trinajstić information content (AvgIpc) is 2.46. The number of urea groups is 1. The number of benzene rings is 1. The van der Waals surface area contributed by atoms with E-state index in [-0.39, 0.29) is 0 Å². The van der Waals surface area contributed by atoms with Crippen LogP contribution in [0.5, 0.6) is 0 Å². The third-order valence-electron chi connectivity index (χ3n) is 3.21. The standard InChI is InChI=1S/C16H24N2O3/c1-3-5-7-12-8-10-13(11-9-12)17-16(21)18-14(6-4-2)15(19)20/h8-11,14H,3-7H2,1-2H3,(H,19,20)(H2,17,18,21)/t14-/m0/s1. The minimum Gasteiger partial charge on any atom is -0.480 e. The fourth-order valence-electron chi connectivity index (χ4n) is 2.01. The van der Waals surface area contributed by atoms with Crippen molar-refractivity contribution in [1.29, 1.82) is 0 Å². The Labute approximate surface area is 125 Å². The molecule has 116 valence electrons. The van der Waals surface area contributed by atoms with Crippen molar-refractivity contribution < 1.29 is 14.7 Å². The van der Waals surface area contributed by atoms with Crippen molar-refractivity contribution in [3.05, 3.63) is 29.8 Å². The van der Waals surface area contributed by atoms with E-state index in [9.17, 15) is 9.59 Å². The van der Waals surface area contributed by atoms with E-state index in [0.29, 0.717) is 18.5 Å². The fraction of sp³-hybridized carbons (Fsp3) is 0.500. The SMILES string of the molecule is CCCCc1ccc(NC(=O)N[C@@H](CCC)C(=O)O)cc1. The molecule has 5 heteroatoms. The fourth-order valence-corrected chi connectivity index (χ4v) is 2.01. The monoisotopic (exact) mass is 292 g/mol. The summed E-state index contributed by atoms with van der Waals surface area (Å²) < 4.78 is 0. The number of carbonyl (C=O) groups excluding carboxylic acids is 1. The van der Waals surface area contributed by atoms with Crippen LogP contribution in [0, 0.1) is 0 Å². The number of nitrogens with one attached hydrogen (secondary N) is 2. The molecule has 0 aliphatic carbocycles. The molecule has 3 N–H and O–H groups in total. The first kappa shape index (κ1) is 17.0. The van der Waals surface area contributed by atoms with Gasteiger partial charge in [-0.15, -0.1) is 0 Å². The van der Waals surface area contributed by atoms with E-state index in [1.165, 1.54) is 5.56 Å². The van der Waals surface area contributed by atoms with Crippen LogP contribution in [0.15, 0.2) is 24.3 Å². The Kier molecular flexibility index (Phi) is 7.29. The first-order chi connectivity index (χ1) is 10.1. The summed E-state index contributed by atoms with van der Waals surface area (Å²) in [5.41, 5.74) is 1.89. The van der Waals surface area contributed by atoms with Crippen LogP contribution in [0.1, 0.15) is 45.1 Å². The van der Waals surface area contributed by atoms with Crippen molar-refractivity contribution in [3.8, 4) is 0 Å². The summed E-state index contributed by atoms with van der Waals surface area (Å²) in [4.78, 5) is 22.8. The van der Waals surface area contributed by atoms with Gasteiger partial charge in [-0.05, 0) is 37.0 Å². The predicted octanol–water partition coefficient (Wildman–Crippen LogP) is 3.40. The number of hydrogen-bond acceptors (Lipinski definition) is 2. The lowest BCUT2D eigenvalue weighted by atomic mass is 10.1. The summed E-state index contributed by atoms with van der Waals surface area (Å²) in [7, 11) is 0. The van der Waals surface area contributed by atoms with Crippen LogP contribution in [-0.2, 0) is 11.2 Å². The summed E-state index contributed by atoms with van der Waals surface area (Å²) in [5.74, 6) is -1.01. The van der Waals surface area contributed by atoms with Crippen LogP contribution >= 0.6 is 0 Å². The highest BCUT2D eigenvalue weighted by molar-refractivity contribution is 5.92. The van der Waals surface area contributed by atoms with E-state index in [4.69, 9.17) is 5.11 Å². The number of carboxylic acids is 1. The third kappa shape index (κ3) is 6.29. The maximum atomic E-state index is 11.8. The van der Waals surface area contributed by atoms with Gasteiger partial charge < -0.3 is 15.7 Å². The third-order valence-corrected chi connectivity index (χ3v) is 3.21. The lowest BCUT2D eigenvalue weighted by Gasteiger charge is -2.14. The molecule has 1 aromatic rings. The first-order valence-electron chi connectivity index (χ1n) is 7.46. The highest BCUT2D eigenvalue weighted by Gasteiger charge is 2.18. The van der Waals surface area contributed by atoms with Crippen molar-refractivity contribution in [2.24, 2.45) is 0 Å². The zero-order chi connectivity index (χ0) is 15.7. The Morgan fingerprint density at radius 1 is 1.14 bits per heavy atom. The van der Waals surface area contributed by atoms with Gasteiger partial charge in [0.25, 0.3) is 0 Å². The number of rotatable bonds is 8. The number of carbonyl (C=O) groups is 2. The van der Waals surface area contributed by atoms with Crippen molar-refractivity contribution >= 4 is 17.7 Å². The van der Waals surface area contributed by atoms with Gasteiger partial charge in [0.1, 0.15) is 6.04 Å². The smallest absolute Gasteiger partial charge is 0.326 e. The molecule has 0 aromatic heterocycles. The van der Waals surface area contributed by atoms with E-state index in [2.05, 4.69) is 17.6 Å². The molecular weight excluding hydrogens is 268 g/mol. The van der Waals surface area contributed by atoms with Crippen molar-refractivity contribution in [3.63, 3.8) is 0 Å². The predicted molar refractivity (Wildman–Crippen MR) is 83.5 cm³/mol. The minimum absolute atomic E-state index is 0.415. The van der Waals surface area contributed by atoms with Crippen LogP contribution in [0.2, 0.25) is 0 Å². The van der Waals surface area contributed by atoms with E-state index in [0.717, 1.165) is 19.3 Å². The van der Waals surface area contributed by atoms with Crippen LogP contribution in [0.25, 0.3) is 0 Å². The van der Waals surface area contributed by atoms with E-state index in [1.54, 1.807) is 0 Å². The Morgan fingerprint density at radius 2 is 1.81 bits per heavy atom. The second-order valence-corrected chi connectivity index (χ2v) is 5.08. The Bertz CT molecular complexity index is 457. The lowest BCUT2D eigenvalue weighted by Crippen LogP contribution is -2.42. The van der Waals surface area contributed by atoms with Crippen LogP contribution in [0.3, 0.4) is 0 Å². The molecule has 0 aliphatic rings. The maximum Gasteiger partial charge on any atom is 0.326 e. The molecule has 5 nitrogen and oxygen atoms in total. The second kappa shape index (κ2) is 9.00. The van der Waals surface area contributed by atoms with Crippen molar-refractivity contribution in [1.82, 2.24) is 5.32 Å². The van der Waals surface area contributed by atoms with Gasteiger partial charge in [-0.1, -0.05) is 38.8 Å². The van der Waals surface area contributed by atoms with Gasteiger partial charge >= 0.3 is 12.0 Å². The molecule has 0 saturated carbocycles. The molecule has 0 heterocycles. The molecule has 2 amide bonds. The van der Waals surface area contributed by atoms with Crippen LogP contribution < -0.4 is 10.6 Å². The topological polar surface area (TPSA) is 78.4 Å². The molecule has 0 fully saturated rings. The maximum absolute atomic E-state index is 11.8. The summed E-state index contributed by atoms with van der Waals surface area (Å²) in [6.45, 7) is 4.03. The van der Waals surface area contributed by atoms with Crippen molar-refractivity contribution in [2.75, 3.05) is 5.32 Å². The molecule has 0 radical (unpaired) electrons. The Hall–Kier alpha value is -2.04. The van der Waals surface area contributed by atoms with Gasteiger partial charge in [-0.2, -0.15) is 0 Å². The van der Waals surface area contributed by atoms with E-state index in [1.807, 2.05) is 31.2 Å². The number of aryl methyl sites for hydroxylation is 1. The quantitative estimate of drug-likeness (QED) is 0.687. The van der Waals surface area contributed by atoms with E-state index < -0.39 is 18.0 Å². The minimum atomic E-state index is -1.01. The number of carboxylic acid groups (broad SMARTS) is 1. The van der Waals surface area contributed by atoms with Gasteiger partial charge in [0.05, 0.1) is 0 Å². The molecule has 0 aliphatic heterocycles. The first-order valence-corrected chi connectivity index (χ1v) is 7.46. The summed E-state index contributed by atoms with van der Waals surface area (Å²) in [5, 5.41) is 14.1. The van der Waals surface area contributed by atoms with Gasteiger partial charge in [-0.25, -0.2) is 9.59 Å². The molecule has 0 bridgehead atoms. The Morgan fingerprint density at radius 3 is 2.33 bits per heavy atom. The summed E-state index contributed by atoms with van der Waals surface area (Å²) in [6.07, 6.45) is 4.43. The highest BCUT2D eigenvalue weighted by atomic mass is 16.4. The van der Waals surface area contributed by atoms with Gasteiger partial charge in [0, 0.05) is 5.69 Å². The Balaban J connectivity index is 2.52. The molecule has 21 heavy (non-hydrogen) atoms. The summed E-state index contributed by atoms with van der Waals surface area (Å²) in [6, 6.07) is 6.29. The van der Waals surface area contributed by atoms with Crippen LogP contribution in [-0.4, -0.2) is 23.1 Å². The molecule has 0 saturated heterocycles. The van der Waals surface area contributed by atoms with E-state index >= 15 is 0 Å². The van der Waals surface area contributed by atoms with Gasteiger partial charge in [-0.3, -0.25) is 0 Å². The zero-order valence-electron chi connectivity index (χ0n) is 12.7. The molecule has 1 atom stereocenters. The average molecular weight is 292 g/mol. The number of anilines is 1. The number of hydrogen-bond donors (Lipinski definition) is 3. The van der Waals surface area contributed by atoms with Gasteiger partial charge in [0.2, 0.25) is 0 Å². The van der Waals surface area contributed by atoms with Crippen molar-refractivity contribution in [2.45, 2.75) is 52.0 Å². The van der Waals surface area contributed by atoms with Gasteiger partial charge in [0.15, 0.2) is 0 Å². The zero-order valence-corrected chi connectivity index (χ0v) is 12.7.